The molecule has 1 atom stereocenters. The van der Waals surface area contributed by atoms with E-state index in [2.05, 4.69) is 22.6 Å². The second-order valence-corrected chi connectivity index (χ2v) is 5.48. The van der Waals surface area contributed by atoms with Crippen LogP contribution in [-0.2, 0) is 15.7 Å². The quantitative estimate of drug-likeness (QED) is 0.379. The fraction of sp³-hybridized carbons (Fsp3) is 0.500. The topological polar surface area (TPSA) is 35.5 Å². The monoisotopic (exact) mass is 416 g/mol. The minimum atomic E-state index is -4.41. The second kappa shape index (κ2) is 8.45. The summed E-state index contributed by atoms with van der Waals surface area (Å²) in [6.07, 6.45) is -3.41. The first kappa shape index (κ1) is 18.1. The van der Waals surface area contributed by atoms with Gasteiger partial charge in [-0.05, 0) is 35.5 Å². The molecule has 0 heterocycles. The van der Waals surface area contributed by atoms with Crippen molar-refractivity contribution in [2.24, 2.45) is 0 Å². The molecule has 0 saturated carbocycles. The summed E-state index contributed by atoms with van der Waals surface area (Å²) in [6.45, 7) is 1.33. The highest BCUT2D eigenvalue weighted by molar-refractivity contribution is 14.1. The fourth-order valence-electron chi connectivity index (χ4n) is 1.67. The van der Waals surface area contributed by atoms with Gasteiger partial charge in [-0.15, -0.1) is 0 Å². The number of hydrogen-bond donors (Lipinski definition) is 0. The van der Waals surface area contributed by atoms with Gasteiger partial charge in [0.2, 0.25) is 0 Å². The van der Waals surface area contributed by atoms with Crippen LogP contribution in [0.5, 0.6) is 5.75 Å². The Morgan fingerprint density at radius 2 is 2.10 bits per heavy atom. The van der Waals surface area contributed by atoms with E-state index in [9.17, 15) is 18.0 Å². The van der Waals surface area contributed by atoms with Gasteiger partial charge in [0.1, 0.15) is 18.5 Å². The minimum absolute atomic E-state index is 0.0392. The Morgan fingerprint density at radius 3 is 2.67 bits per heavy atom. The third-order valence-electron chi connectivity index (χ3n) is 2.59. The number of ether oxygens (including phenoxy) is 2. The van der Waals surface area contributed by atoms with Crippen LogP contribution in [0, 0.1) is 0 Å². The Labute approximate surface area is 134 Å². The van der Waals surface area contributed by atoms with Crippen molar-refractivity contribution in [2.45, 2.75) is 32.0 Å². The van der Waals surface area contributed by atoms with Crippen molar-refractivity contribution in [1.29, 1.82) is 0 Å². The number of rotatable bonds is 7. The maximum absolute atomic E-state index is 12.6. The number of benzene rings is 1. The highest BCUT2D eigenvalue weighted by Gasteiger charge is 2.30. The third-order valence-corrected chi connectivity index (χ3v) is 3.35. The smallest absolute Gasteiger partial charge is 0.416 e. The van der Waals surface area contributed by atoms with Crippen molar-refractivity contribution >= 4 is 28.6 Å². The molecule has 0 aliphatic carbocycles. The van der Waals surface area contributed by atoms with Crippen molar-refractivity contribution in [2.75, 3.05) is 11.0 Å². The zero-order chi connectivity index (χ0) is 15.9. The molecule has 21 heavy (non-hydrogen) atoms. The van der Waals surface area contributed by atoms with Crippen LogP contribution in [0.15, 0.2) is 24.3 Å². The average molecular weight is 416 g/mol. The normalized spacial score (nSPS) is 12.8. The molecule has 3 nitrogen and oxygen atoms in total. The van der Waals surface area contributed by atoms with Gasteiger partial charge >= 0.3 is 12.1 Å². The minimum Gasteiger partial charge on any atom is -0.490 e. The lowest BCUT2D eigenvalue weighted by Crippen LogP contribution is -2.24. The maximum Gasteiger partial charge on any atom is 0.416 e. The first-order chi connectivity index (χ1) is 9.82. The van der Waals surface area contributed by atoms with Crippen LogP contribution < -0.4 is 4.74 Å². The number of hydrogen-bond acceptors (Lipinski definition) is 3. The summed E-state index contributed by atoms with van der Waals surface area (Å²) < 4.78 is 49.0. The molecule has 0 bridgehead atoms. The van der Waals surface area contributed by atoms with Gasteiger partial charge in [0.05, 0.1) is 5.56 Å². The predicted octanol–water partition coefficient (Wildman–Crippen LogP) is 4.23. The highest BCUT2D eigenvalue weighted by Crippen LogP contribution is 2.31. The van der Waals surface area contributed by atoms with E-state index in [1.54, 1.807) is 0 Å². The molecule has 1 aromatic rings. The molecule has 118 valence electrons. The van der Waals surface area contributed by atoms with Crippen molar-refractivity contribution in [3.63, 3.8) is 0 Å². The first-order valence-corrected chi connectivity index (χ1v) is 7.88. The highest BCUT2D eigenvalue weighted by atomic mass is 127. The second-order valence-electron chi connectivity index (χ2n) is 4.40. The number of carbonyl (C=O) groups excluding carboxylic acids is 1. The van der Waals surface area contributed by atoms with Gasteiger partial charge < -0.3 is 9.47 Å². The van der Waals surface area contributed by atoms with E-state index in [-0.39, 0.29) is 12.4 Å². The van der Waals surface area contributed by atoms with E-state index in [4.69, 9.17) is 9.47 Å². The molecule has 0 radical (unpaired) electrons. The lowest BCUT2D eigenvalue weighted by Gasteiger charge is -2.18. The summed E-state index contributed by atoms with van der Waals surface area (Å²) in [5.74, 6) is -0.322. The molecule has 0 fully saturated rings. The van der Waals surface area contributed by atoms with Gasteiger partial charge in [0, 0.05) is 6.92 Å². The Bertz CT molecular complexity index is 463. The van der Waals surface area contributed by atoms with Gasteiger partial charge in [-0.1, -0.05) is 28.7 Å². The maximum atomic E-state index is 12.6. The summed E-state index contributed by atoms with van der Waals surface area (Å²) in [5.41, 5.74) is -0.767. The number of alkyl halides is 4. The Balaban J connectivity index is 2.64. The molecule has 0 amide bonds. The van der Waals surface area contributed by atoms with E-state index in [0.29, 0.717) is 6.42 Å². The number of carbonyl (C=O) groups is 1. The molecule has 0 aromatic heterocycles. The van der Waals surface area contributed by atoms with Crippen molar-refractivity contribution < 1.29 is 27.4 Å². The molecule has 0 N–H and O–H groups in total. The van der Waals surface area contributed by atoms with Gasteiger partial charge in [-0.3, -0.25) is 4.79 Å². The van der Waals surface area contributed by atoms with Crippen molar-refractivity contribution in [3.05, 3.63) is 29.8 Å². The molecular formula is C14H16F3IO3. The summed E-state index contributed by atoms with van der Waals surface area (Å²) in [6, 6.07) is 4.64. The van der Waals surface area contributed by atoms with Crippen LogP contribution in [-0.4, -0.2) is 23.1 Å². The van der Waals surface area contributed by atoms with E-state index in [1.165, 1.54) is 19.1 Å². The van der Waals surface area contributed by atoms with Crippen molar-refractivity contribution in [1.82, 2.24) is 0 Å². The van der Waals surface area contributed by atoms with Gasteiger partial charge in [-0.25, -0.2) is 0 Å². The van der Waals surface area contributed by atoms with E-state index >= 15 is 0 Å². The van der Waals surface area contributed by atoms with Crippen LogP contribution in [0.4, 0.5) is 13.2 Å². The zero-order valence-electron chi connectivity index (χ0n) is 11.5. The van der Waals surface area contributed by atoms with Crippen molar-refractivity contribution in [3.8, 4) is 5.75 Å². The Hall–Kier alpha value is -0.990. The average Bonchev–Trinajstić information content (AvgIpc) is 2.41. The third kappa shape index (κ3) is 7.01. The zero-order valence-corrected chi connectivity index (χ0v) is 13.6. The Morgan fingerprint density at radius 1 is 1.38 bits per heavy atom. The molecule has 1 aromatic carbocycles. The molecule has 7 heteroatoms. The molecule has 0 aliphatic heterocycles. The van der Waals surface area contributed by atoms with E-state index < -0.39 is 23.8 Å². The molecule has 0 spiro atoms. The van der Waals surface area contributed by atoms with Crippen LogP contribution in [0.1, 0.15) is 25.3 Å². The predicted molar refractivity (Wildman–Crippen MR) is 80.6 cm³/mol. The van der Waals surface area contributed by atoms with Crippen LogP contribution in [0.2, 0.25) is 0 Å². The number of halogens is 4. The summed E-state index contributed by atoms with van der Waals surface area (Å²) >= 11 is 2.20. The van der Waals surface area contributed by atoms with Crippen LogP contribution in [0.25, 0.3) is 0 Å². The molecule has 1 unspecified atom stereocenters. The van der Waals surface area contributed by atoms with Gasteiger partial charge in [-0.2, -0.15) is 13.2 Å². The molecule has 1 rings (SSSR count). The summed E-state index contributed by atoms with van der Waals surface area (Å²) in [4.78, 5) is 11.0. The van der Waals surface area contributed by atoms with E-state index in [0.717, 1.165) is 23.0 Å². The van der Waals surface area contributed by atoms with Crippen LogP contribution >= 0.6 is 22.6 Å². The standard InChI is InChI=1S/C14H16F3IO3/c1-10(19)21-13(6-3-7-18)9-20-12-5-2-4-11(8-12)14(15,16)17/h2,4-5,8,13H,3,6-7,9H2,1H3. The summed E-state index contributed by atoms with van der Waals surface area (Å²) in [7, 11) is 0. The molecular weight excluding hydrogens is 400 g/mol. The first-order valence-electron chi connectivity index (χ1n) is 6.36. The Kier molecular flexibility index (Phi) is 7.27. The molecule has 0 saturated heterocycles. The SMILES string of the molecule is CC(=O)OC(CCCI)COc1cccc(C(F)(F)F)c1. The van der Waals surface area contributed by atoms with Gasteiger partial charge in [0.15, 0.2) is 0 Å². The lowest BCUT2D eigenvalue weighted by atomic mass is 10.2. The fourth-order valence-corrected chi connectivity index (χ4v) is 2.11. The van der Waals surface area contributed by atoms with E-state index in [1.807, 2.05) is 0 Å². The van der Waals surface area contributed by atoms with Gasteiger partial charge in [0.25, 0.3) is 0 Å². The largest absolute Gasteiger partial charge is 0.490 e. The summed E-state index contributed by atoms with van der Waals surface area (Å²) in [5, 5.41) is 0. The lowest BCUT2D eigenvalue weighted by molar-refractivity contribution is -0.148. The van der Waals surface area contributed by atoms with Crippen LogP contribution in [0.3, 0.4) is 0 Å². The number of esters is 1. The molecule has 0 aliphatic rings.